The van der Waals surface area contributed by atoms with Gasteiger partial charge in [0.15, 0.2) is 0 Å². The molecule has 0 fully saturated rings. The van der Waals surface area contributed by atoms with E-state index in [1.54, 1.807) is 49.6 Å². The van der Waals surface area contributed by atoms with Crippen LogP contribution in [0.3, 0.4) is 0 Å². The van der Waals surface area contributed by atoms with Crippen molar-refractivity contribution in [2.24, 2.45) is 0 Å². The highest BCUT2D eigenvalue weighted by Crippen LogP contribution is 2.22. The molecule has 0 aromatic heterocycles. The smallest absolute Gasteiger partial charge is 0.141 e. The molecule has 0 saturated heterocycles. The predicted molar refractivity (Wildman–Crippen MR) is 77.1 cm³/mol. The van der Waals surface area contributed by atoms with Gasteiger partial charge in [0.1, 0.15) is 5.75 Å². The van der Waals surface area contributed by atoms with E-state index in [1.807, 2.05) is 0 Å². The summed E-state index contributed by atoms with van der Waals surface area (Å²) in [5.74, 6) is 0.661. The van der Waals surface area contributed by atoms with Gasteiger partial charge >= 0.3 is 0 Å². The molecule has 96 valence electrons. The van der Waals surface area contributed by atoms with Crippen LogP contribution in [0, 0.1) is 0 Å². The first-order valence-electron chi connectivity index (χ1n) is 5.33. The van der Waals surface area contributed by atoms with Gasteiger partial charge in [-0.3, -0.25) is 0 Å². The second kappa shape index (κ2) is 6.24. The Labute approximate surface area is 106 Å². The molecule has 0 aliphatic carbocycles. The topological polar surface area (TPSA) is 113 Å². The Bertz CT molecular complexity index is 476. The highest BCUT2D eigenvalue weighted by Gasteiger charge is 1.96. The fourth-order valence-corrected chi connectivity index (χ4v) is 1.25. The van der Waals surface area contributed by atoms with Gasteiger partial charge in [-0.15, -0.1) is 0 Å². The molecule has 0 unspecified atom stereocenters. The number of nitrogen functional groups attached to an aromatic ring is 4. The summed E-state index contributed by atoms with van der Waals surface area (Å²) in [6, 6.07) is 12.2. The van der Waals surface area contributed by atoms with Gasteiger partial charge in [0.2, 0.25) is 0 Å². The molecule has 0 amide bonds. The molecule has 5 nitrogen and oxygen atoms in total. The summed E-state index contributed by atoms with van der Waals surface area (Å²) in [7, 11) is 1.57. The number of hydrogen-bond acceptors (Lipinski definition) is 5. The lowest BCUT2D eigenvalue weighted by atomic mass is 10.2. The number of anilines is 4. The second-order valence-electron chi connectivity index (χ2n) is 3.67. The third-order valence-corrected chi connectivity index (χ3v) is 2.19. The van der Waals surface area contributed by atoms with Gasteiger partial charge in [-0.05, 0) is 42.5 Å². The highest BCUT2D eigenvalue weighted by molar-refractivity contribution is 5.60. The molecule has 0 heterocycles. The van der Waals surface area contributed by atoms with Crippen molar-refractivity contribution in [3.05, 3.63) is 42.5 Å². The highest BCUT2D eigenvalue weighted by atomic mass is 16.5. The Kier molecular flexibility index (Phi) is 4.68. The third-order valence-electron chi connectivity index (χ3n) is 2.19. The van der Waals surface area contributed by atoms with Crippen molar-refractivity contribution >= 4 is 22.7 Å². The summed E-state index contributed by atoms with van der Waals surface area (Å²) in [5.41, 5.74) is 24.4. The molecule has 2 aromatic rings. The minimum Gasteiger partial charge on any atom is -0.495 e. The van der Waals surface area contributed by atoms with Gasteiger partial charge in [0.05, 0.1) is 12.8 Å². The average Bonchev–Trinajstić information content (AvgIpc) is 2.34. The number of nitrogens with two attached hydrogens (primary N) is 4. The van der Waals surface area contributed by atoms with Crippen LogP contribution in [0.15, 0.2) is 42.5 Å². The first kappa shape index (κ1) is 13.5. The van der Waals surface area contributed by atoms with E-state index < -0.39 is 0 Å². The zero-order valence-corrected chi connectivity index (χ0v) is 10.3. The van der Waals surface area contributed by atoms with Crippen LogP contribution in [0.5, 0.6) is 5.75 Å². The monoisotopic (exact) mass is 246 g/mol. The first-order valence-corrected chi connectivity index (χ1v) is 5.33. The average molecular weight is 246 g/mol. The van der Waals surface area contributed by atoms with Crippen LogP contribution in [0.2, 0.25) is 0 Å². The number of hydrogen-bond donors (Lipinski definition) is 4. The van der Waals surface area contributed by atoms with E-state index in [9.17, 15) is 0 Å². The van der Waals surface area contributed by atoms with Gasteiger partial charge in [0, 0.05) is 17.1 Å². The van der Waals surface area contributed by atoms with Crippen LogP contribution >= 0.6 is 0 Å². The van der Waals surface area contributed by atoms with E-state index >= 15 is 0 Å². The van der Waals surface area contributed by atoms with Crippen LogP contribution in [0.4, 0.5) is 22.7 Å². The van der Waals surface area contributed by atoms with Crippen molar-refractivity contribution in [2.45, 2.75) is 0 Å². The van der Waals surface area contributed by atoms with Crippen molar-refractivity contribution in [2.75, 3.05) is 30.0 Å². The van der Waals surface area contributed by atoms with Crippen LogP contribution < -0.4 is 27.7 Å². The molecule has 18 heavy (non-hydrogen) atoms. The molecule has 5 heteroatoms. The Balaban J connectivity index is 0.000000184. The summed E-state index contributed by atoms with van der Waals surface area (Å²) in [5, 5.41) is 0. The lowest BCUT2D eigenvalue weighted by molar-refractivity contribution is 0.417. The standard InChI is InChI=1S/C7H10N2O.C6H8N2/c1-10-7-3-2-5(8)4-6(7)9;7-5-1-2-6(8)4-3-5/h2-4H,8-9H2,1H3;1-4H,7-8H2. The predicted octanol–water partition coefficient (Wildman–Crippen LogP) is 1.71. The van der Waals surface area contributed by atoms with Crippen LogP contribution in [0.25, 0.3) is 0 Å². The molecular weight excluding hydrogens is 228 g/mol. The molecule has 0 spiro atoms. The van der Waals surface area contributed by atoms with E-state index in [0.29, 0.717) is 17.1 Å². The maximum absolute atomic E-state index is 5.53. The van der Waals surface area contributed by atoms with Crippen molar-refractivity contribution < 1.29 is 4.74 Å². The van der Waals surface area contributed by atoms with Crippen molar-refractivity contribution in [3.8, 4) is 5.75 Å². The van der Waals surface area contributed by atoms with Crippen LogP contribution in [0.1, 0.15) is 0 Å². The van der Waals surface area contributed by atoms with E-state index in [2.05, 4.69) is 0 Å². The summed E-state index contributed by atoms with van der Waals surface area (Å²) < 4.78 is 4.92. The number of ether oxygens (including phenoxy) is 1. The fraction of sp³-hybridized carbons (Fsp3) is 0.0769. The van der Waals surface area contributed by atoms with E-state index in [-0.39, 0.29) is 0 Å². The molecule has 8 N–H and O–H groups in total. The largest absolute Gasteiger partial charge is 0.495 e. The van der Waals surface area contributed by atoms with Gasteiger partial charge in [0.25, 0.3) is 0 Å². The van der Waals surface area contributed by atoms with Crippen molar-refractivity contribution in [1.29, 1.82) is 0 Å². The third kappa shape index (κ3) is 4.13. The Morgan fingerprint density at radius 1 is 0.722 bits per heavy atom. The Morgan fingerprint density at radius 3 is 1.56 bits per heavy atom. The van der Waals surface area contributed by atoms with E-state index in [0.717, 1.165) is 11.4 Å². The Morgan fingerprint density at radius 2 is 1.17 bits per heavy atom. The summed E-state index contributed by atoms with van der Waals surface area (Å²) in [6.45, 7) is 0. The minimum absolute atomic E-state index is 0.572. The maximum Gasteiger partial charge on any atom is 0.141 e. The number of methoxy groups -OCH3 is 1. The molecule has 0 aliphatic heterocycles. The summed E-state index contributed by atoms with van der Waals surface area (Å²) in [6.07, 6.45) is 0. The molecule has 0 atom stereocenters. The van der Waals surface area contributed by atoms with Crippen LogP contribution in [-0.4, -0.2) is 7.11 Å². The minimum atomic E-state index is 0.572. The molecule has 2 aromatic carbocycles. The van der Waals surface area contributed by atoms with Gasteiger partial charge in [-0.2, -0.15) is 0 Å². The van der Waals surface area contributed by atoms with Crippen LogP contribution in [-0.2, 0) is 0 Å². The summed E-state index contributed by atoms with van der Waals surface area (Å²) >= 11 is 0. The maximum atomic E-state index is 5.53. The fourth-order valence-electron chi connectivity index (χ4n) is 1.25. The van der Waals surface area contributed by atoms with Crippen molar-refractivity contribution in [1.82, 2.24) is 0 Å². The molecule has 0 saturated carbocycles. The first-order chi connectivity index (χ1) is 8.52. The molecule has 0 radical (unpaired) electrons. The Hall–Kier alpha value is -2.56. The lowest BCUT2D eigenvalue weighted by Gasteiger charge is -2.03. The SMILES string of the molecule is COc1ccc(N)cc1N.Nc1ccc(N)cc1. The van der Waals surface area contributed by atoms with E-state index in [4.69, 9.17) is 27.7 Å². The lowest BCUT2D eigenvalue weighted by Crippen LogP contribution is -1.93. The van der Waals surface area contributed by atoms with Crippen molar-refractivity contribution in [3.63, 3.8) is 0 Å². The zero-order valence-electron chi connectivity index (χ0n) is 10.3. The molecule has 2 rings (SSSR count). The number of benzene rings is 2. The number of rotatable bonds is 1. The quantitative estimate of drug-likeness (QED) is 0.572. The normalized spacial score (nSPS) is 9.17. The second-order valence-corrected chi connectivity index (χ2v) is 3.67. The molecule has 0 aliphatic rings. The zero-order chi connectivity index (χ0) is 13.5. The van der Waals surface area contributed by atoms with Gasteiger partial charge in [-0.25, -0.2) is 0 Å². The molecular formula is C13H18N4O. The van der Waals surface area contributed by atoms with Gasteiger partial charge < -0.3 is 27.7 Å². The molecule has 0 bridgehead atoms. The van der Waals surface area contributed by atoms with Gasteiger partial charge in [-0.1, -0.05) is 0 Å². The summed E-state index contributed by atoms with van der Waals surface area (Å²) in [4.78, 5) is 0. The van der Waals surface area contributed by atoms with E-state index in [1.165, 1.54) is 0 Å².